The van der Waals surface area contributed by atoms with Crippen LogP contribution in [0.25, 0.3) is 0 Å². The maximum Gasteiger partial charge on any atom is 0.146 e. The molecule has 2 aromatic rings. The number of rotatable bonds is 3. The van der Waals surface area contributed by atoms with E-state index in [1.807, 2.05) is 36.4 Å². The van der Waals surface area contributed by atoms with Crippen molar-refractivity contribution in [2.24, 2.45) is 5.10 Å². The molecular weight excluding hydrogens is 198 g/mol. The second-order valence-electron chi connectivity index (χ2n) is 3.44. The van der Waals surface area contributed by atoms with Gasteiger partial charge in [-0.1, -0.05) is 30.3 Å². The van der Waals surface area contributed by atoms with Crippen molar-refractivity contribution < 1.29 is 0 Å². The van der Waals surface area contributed by atoms with Gasteiger partial charge in [0.05, 0.1) is 6.21 Å². The Bertz CT molecular complexity index is 478. The van der Waals surface area contributed by atoms with Gasteiger partial charge in [0.15, 0.2) is 0 Å². The van der Waals surface area contributed by atoms with Gasteiger partial charge in [0, 0.05) is 6.20 Å². The summed E-state index contributed by atoms with van der Waals surface area (Å²) in [6.07, 6.45) is 3.52. The lowest BCUT2D eigenvalue weighted by molar-refractivity contribution is 1.23. The number of benzene rings is 1. The minimum Gasteiger partial charge on any atom is -0.261 e. The van der Waals surface area contributed by atoms with Gasteiger partial charge in [-0.2, -0.15) is 5.10 Å². The molecule has 1 N–H and O–H groups in total. The van der Waals surface area contributed by atoms with E-state index in [0.717, 1.165) is 11.4 Å². The zero-order valence-corrected chi connectivity index (χ0v) is 9.09. The van der Waals surface area contributed by atoms with E-state index in [1.54, 1.807) is 12.4 Å². The molecule has 80 valence electrons. The van der Waals surface area contributed by atoms with Gasteiger partial charge >= 0.3 is 0 Å². The Morgan fingerprint density at radius 1 is 1.12 bits per heavy atom. The van der Waals surface area contributed by atoms with Gasteiger partial charge in [0.25, 0.3) is 0 Å². The molecule has 1 heterocycles. The third-order valence-corrected chi connectivity index (χ3v) is 2.24. The van der Waals surface area contributed by atoms with Crippen molar-refractivity contribution >= 4 is 12.0 Å². The lowest BCUT2D eigenvalue weighted by atomic mass is 10.1. The van der Waals surface area contributed by atoms with Crippen LogP contribution in [0.3, 0.4) is 0 Å². The van der Waals surface area contributed by atoms with Crippen LogP contribution in [0.15, 0.2) is 53.8 Å². The van der Waals surface area contributed by atoms with E-state index >= 15 is 0 Å². The molecule has 0 amide bonds. The van der Waals surface area contributed by atoms with Crippen molar-refractivity contribution in [2.75, 3.05) is 5.43 Å². The number of aromatic nitrogens is 1. The summed E-state index contributed by atoms with van der Waals surface area (Å²) in [5.41, 5.74) is 5.18. The van der Waals surface area contributed by atoms with Gasteiger partial charge in [0.1, 0.15) is 5.82 Å². The maximum atomic E-state index is 4.14. The van der Waals surface area contributed by atoms with Crippen molar-refractivity contribution in [1.29, 1.82) is 0 Å². The number of hydrogen-bond donors (Lipinski definition) is 1. The molecule has 2 rings (SSSR count). The van der Waals surface area contributed by atoms with Crippen molar-refractivity contribution in [3.8, 4) is 0 Å². The Balaban J connectivity index is 2.03. The molecule has 0 aliphatic rings. The molecule has 1 aromatic carbocycles. The molecule has 0 aliphatic carbocycles. The average Bonchev–Trinajstić information content (AvgIpc) is 2.33. The van der Waals surface area contributed by atoms with Crippen LogP contribution in [0, 0.1) is 6.92 Å². The molecule has 0 radical (unpaired) electrons. The first-order valence-electron chi connectivity index (χ1n) is 5.12. The van der Waals surface area contributed by atoms with Crippen LogP contribution in [0.4, 0.5) is 5.82 Å². The highest BCUT2D eigenvalue weighted by Crippen LogP contribution is 2.04. The quantitative estimate of drug-likeness (QED) is 0.626. The maximum absolute atomic E-state index is 4.14. The zero-order valence-electron chi connectivity index (χ0n) is 9.09. The van der Waals surface area contributed by atoms with Crippen molar-refractivity contribution in [1.82, 2.24) is 4.98 Å². The second kappa shape index (κ2) is 5.07. The second-order valence-corrected chi connectivity index (χ2v) is 3.44. The van der Waals surface area contributed by atoms with Crippen LogP contribution < -0.4 is 5.43 Å². The van der Waals surface area contributed by atoms with Crippen LogP contribution in [-0.4, -0.2) is 11.2 Å². The molecule has 0 fully saturated rings. The first-order valence-corrected chi connectivity index (χ1v) is 5.12. The molecule has 0 atom stereocenters. The number of hydrogen-bond acceptors (Lipinski definition) is 3. The summed E-state index contributed by atoms with van der Waals surface area (Å²) >= 11 is 0. The van der Waals surface area contributed by atoms with Crippen LogP contribution >= 0.6 is 0 Å². The van der Waals surface area contributed by atoms with Gasteiger partial charge in [-0.3, -0.25) is 5.43 Å². The third-order valence-electron chi connectivity index (χ3n) is 2.24. The van der Waals surface area contributed by atoms with Gasteiger partial charge in [-0.25, -0.2) is 4.98 Å². The van der Waals surface area contributed by atoms with Crippen molar-refractivity contribution in [2.45, 2.75) is 6.92 Å². The Labute approximate surface area is 94.9 Å². The smallest absolute Gasteiger partial charge is 0.146 e. The highest BCUT2D eigenvalue weighted by atomic mass is 15.3. The van der Waals surface area contributed by atoms with Gasteiger partial charge < -0.3 is 0 Å². The summed E-state index contributed by atoms with van der Waals surface area (Å²) in [6, 6.07) is 13.7. The molecule has 0 saturated carbocycles. The van der Waals surface area contributed by atoms with Crippen molar-refractivity contribution in [3.05, 3.63) is 59.8 Å². The number of aryl methyl sites for hydroxylation is 1. The average molecular weight is 211 g/mol. The van der Waals surface area contributed by atoms with E-state index in [9.17, 15) is 0 Å². The van der Waals surface area contributed by atoms with Gasteiger partial charge in [-0.05, 0) is 30.2 Å². The first kappa shape index (κ1) is 10.4. The predicted molar refractivity (Wildman–Crippen MR) is 66.6 cm³/mol. The largest absolute Gasteiger partial charge is 0.261 e. The molecule has 0 bridgehead atoms. The summed E-state index contributed by atoms with van der Waals surface area (Å²) in [5, 5.41) is 4.14. The molecule has 0 unspecified atom stereocenters. The Morgan fingerprint density at radius 3 is 2.69 bits per heavy atom. The zero-order chi connectivity index (χ0) is 11.2. The fraction of sp³-hybridized carbons (Fsp3) is 0.0769. The molecule has 0 spiro atoms. The summed E-state index contributed by atoms with van der Waals surface area (Å²) < 4.78 is 0. The lowest BCUT2D eigenvalue weighted by Crippen LogP contribution is -1.93. The van der Waals surface area contributed by atoms with E-state index in [2.05, 4.69) is 28.5 Å². The molecule has 1 aromatic heterocycles. The number of anilines is 1. The molecule has 0 aliphatic heterocycles. The summed E-state index contributed by atoms with van der Waals surface area (Å²) in [7, 11) is 0. The fourth-order valence-corrected chi connectivity index (χ4v) is 1.33. The van der Waals surface area contributed by atoms with E-state index in [0.29, 0.717) is 0 Å². The highest BCUT2D eigenvalue weighted by Gasteiger charge is 1.91. The summed E-state index contributed by atoms with van der Waals surface area (Å²) in [6.45, 7) is 2.06. The van der Waals surface area contributed by atoms with Crippen LogP contribution in [0.5, 0.6) is 0 Å². The summed E-state index contributed by atoms with van der Waals surface area (Å²) in [4.78, 5) is 4.11. The SMILES string of the molecule is Cc1ccccc1C=NNc1ccccn1. The van der Waals surface area contributed by atoms with Crippen LogP contribution in [0.1, 0.15) is 11.1 Å². The fourth-order valence-electron chi connectivity index (χ4n) is 1.33. The van der Waals surface area contributed by atoms with Gasteiger partial charge in [-0.15, -0.1) is 0 Å². The minimum atomic E-state index is 0.743. The van der Waals surface area contributed by atoms with Gasteiger partial charge in [0.2, 0.25) is 0 Å². The topological polar surface area (TPSA) is 37.3 Å². The van der Waals surface area contributed by atoms with Crippen molar-refractivity contribution in [3.63, 3.8) is 0 Å². The minimum absolute atomic E-state index is 0.743. The molecule has 3 heteroatoms. The predicted octanol–water partition coefficient (Wildman–Crippen LogP) is 2.84. The number of hydrazone groups is 1. The van der Waals surface area contributed by atoms with E-state index in [-0.39, 0.29) is 0 Å². The van der Waals surface area contributed by atoms with E-state index in [1.165, 1.54) is 5.56 Å². The normalized spacial score (nSPS) is 10.6. The highest BCUT2D eigenvalue weighted by molar-refractivity contribution is 5.81. The number of pyridine rings is 1. The lowest BCUT2D eigenvalue weighted by Gasteiger charge is -1.99. The third kappa shape index (κ3) is 2.67. The molecule has 0 saturated heterocycles. The Kier molecular flexibility index (Phi) is 3.28. The molecule has 16 heavy (non-hydrogen) atoms. The Hall–Kier alpha value is -2.16. The molecule has 3 nitrogen and oxygen atoms in total. The van der Waals surface area contributed by atoms with E-state index < -0.39 is 0 Å². The standard InChI is InChI=1S/C13H13N3/c1-11-6-2-3-7-12(11)10-15-16-13-8-4-5-9-14-13/h2-10H,1H3,(H,14,16). The number of nitrogens with zero attached hydrogens (tertiary/aromatic N) is 2. The molecular formula is C13H13N3. The Morgan fingerprint density at radius 2 is 1.94 bits per heavy atom. The summed E-state index contributed by atoms with van der Waals surface area (Å²) in [5.74, 6) is 0.743. The number of nitrogens with one attached hydrogen (secondary N) is 1. The first-order chi connectivity index (χ1) is 7.86. The monoisotopic (exact) mass is 211 g/mol. The van der Waals surface area contributed by atoms with E-state index in [4.69, 9.17) is 0 Å². The van der Waals surface area contributed by atoms with Crippen LogP contribution in [-0.2, 0) is 0 Å². The van der Waals surface area contributed by atoms with Crippen LogP contribution in [0.2, 0.25) is 0 Å².